The van der Waals surface area contributed by atoms with E-state index in [1.807, 2.05) is 42.5 Å². The summed E-state index contributed by atoms with van der Waals surface area (Å²) in [6.45, 7) is 2.23. The van der Waals surface area contributed by atoms with Crippen LogP contribution in [0, 0.1) is 0 Å². The van der Waals surface area contributed by atoms with Crippen LogP contribution in [-0.2, 0) is 16.0 Å². The number of para-hydroxylation sites is 1. The number of aryl methyl sites for hydroxylation is 1. The summed E-state index contributed by atoms with van der Waals surface area (Å²) in [5.74, 6) is -0.198. The highest BCUT2D eigenvalue weighted by Gasteiger charge is 2.25. The maximum Gasteiger partial charge on any atom is 0.247 e. The zero-order valence-corrected chi connectivity index (χ0v) is 15.1. The topological polar surface area (TPSA) is 40.6 Å². The second-order valence-electron chi connectivity index (χ2n) is 5.86. The van der Waals surface area contributed by atoms with Gasteiger partial charge in [-0.1, -0.05) is 34.1 Å². The van der Waals surface area contributed by atoms with Crippen molar-refractivity contribution in [1.82, 2.24) is 0 Å². The summed E-state index contributed by atoms with van der Waals surface area (Å²) in [6.07, 6.45) is 1.93. The number of hydrogen-bond acceptors (Lipinski definition) is 2. The van der Waals surface area contributed by atoms with E-state index in [-0.39, 0.29) is 18.4 Å². The zero-order chi connectivity index (χ0) is 17.1. The van der Waals surface area contributed by atoms with Gasteiger partial charge in [-0.3, -0.25) is 9.59 Å². The lowest BCUT2D eigenvalue weighted by Gasteiger charge is -2.31. The summed E-state index contributed by atoms with van der Waals surface area (Å²) in [5.41, 5.74) is 2.88. The monoisotopic (exact) mass is 386 g/mol. The molecule has 0 N–H and O–H groups in total. The number of halogens is 1. The molecular weight excluding hydrogens is 368 g/mol. The number of fused-ring (bicyclic) bond motifs is 1. The van der Waals surface area contributed by atoms with Crippen LogP contribution in [0.5, 0.6) is 0 Å². The molecule has 0 atom stereocenters. The fourth-order valence-electron chi connectivity index (χ4n) is 3.02. The number of amides is 2. The van der Waals surface area contributed by atoms with Gasteiger partial charge < -0.3 is 9.80 Å². The summed E-state index contributed by atoms with van der Waals surface area (Å²) in [4.78, 5) is 28.2. The highest BCUT2D eigenvalue weighted by molar-refractivity contribution is 9.10. The Balaban J connectivity index is 1.82. The molecule has 1 aliphatic rings. The summed E-state index contributed by atoms with van der Waals surface area (Å²) in [6, 6.07) is 15.4. The summed E-state index contributed by atoms with van der Waals surface area (Å²) < 4.78 is 0.936. The quantitative estimate of drug-likeness (QED) is 0.804. The number of carbonyl (C=O) groups excluding carboxylic acids is 2. The minimum absolute atomic E-state index is 0.0469. The van der Waals surface area contributed by atoms with Gasteiger partial charge in [0.25, 0.3) is 0 Å². The van der Waals surface area contributed by atoms with Gasteiger partial charge in [0.05, 0.1) is 0 Å². The van der Waals surface area contributed by atoms with Crippen molar-refractivity contribution in [1.29, 1.82) is 0 Å². The van der Waals surface area contributed by atoms with Crippen LogP contribution in [0.15, 0.2) is 53.0 Å². The first kappa shape index (κ1) is 16.7. The van der Waals surface area contributed by atoms with Crippen LogP contribution >= 0.6 is 15.9 Å². The van der Waals surface area contributed by atoms with E-state index in [0.29, 0.717) is 6.54 Å². The average Bonchev–Trinajstić information content (AvgIpc) is 2.59. The van der Waals surface area contributed by atoms with Crippen LogP contribution in [0.1, 0.15) is 18.9 Å². The Morgan fingerprint density at radius 2 is 1.83 bits per heavy atom. The minimum atomic E-state index is -0.143. The van der Waals surface area contributed by atoms with Gasteiger partial charge in [0.15, 0.2) is 0 Å². The van der Waals surface area contributed by atoms with Crippen molar-refractivity contribution < 1.29 is 9.59 Å². The average molecular weight is 387 g/mol. The third-order valence-corrected chi connectivity index (χ3v) is 4.75. The zero-order valence-electron chi connectivity index (χ0n) is 13.5. The van der Waals surface area contributed by atoms with Crippen LogP contribution in [0.4, 0.5) is 11.4 Å². The molecule has 5 heteroatoms. The molecule has 2 aromatic carbocycles. The van der Waals surface area contributed by atoms with E-state index < -0.39 is 0 Å². The Labute approximate surface area is 150 Å². The van der Waals surface area contributed by atoms with Gasteiger partial charge in [0, 0.05) is 29.3 Å². The van der Waals surface area contributed by atoms with Crippen LogP contribution in [0.2, 0.25) is 0 Å². The van der Waals surface area contributed by atoms with Crippen molar-refractivity contribution in [2.75, 3.05) is 22.9 Å². The predicted molar refractivity (Wildman–Crippen MR) is 99.3 cm³/mol. The minimum Gasteiger partial charge on any atom is -0.311 e. The molecule has 24 heavy (non-hydrogen) atoms. The number of rotatable bonds is 3. The van der Waals surface area contributed by atoms with Gasteiger partial charge >= 0.3 is 0 Å². The largest absolute Gasteiger partial charge is 0.311 e. The molecule has 1 heterocycles. The highest BCUT2D eigenvalue weighted by Crippen LogP contribution is 2.27. The van der Waals surface area contributed by atoms with E-state index in [2.05, 4.69) is 22.0 Å². The Hall–Kier alpha value is -2.14. The van der Waals surface area contributed by atoms with Crippen LogP contribution in [-0.4, -0.2) is 24.9 Å². The first-order chi connectivity index (χ1) is 11.6. The number of anilines is 2. The molecule has 0 saturated carbocycles. The summed E-state index contributed by atoms with van der Waals surface area (Å²) in [5, 5.41) is 0. The van der Waals surface area contributed by atoms with Crippen LogP contribution in [0.3, 0.4) is 0 Å². The van der Waals surface area contributed by atoms with Crippen molar-refractivity contribution in [2.45, 2.75) is 19.8 Å². The lowest BCUT2D eigenvalue weighted by Crippen LogP contribution is -2.44. The number of hydrogen-bond donors (Lipinski definition) is 0. The van der Waals surface area contributed by atoms with Gasteiger partial charge in [-0.2, -0.15) is 0 Å². The third-order valence-electron chi connectivity index (χ3n) is 4.22. The second kappa shape index (κ2) is 7.18. The molecule has 0 radical (unpaired) electrons. The smallest absolute Gasteiger partial charge is 0.247 e. The molecule has 3 rings (SSSR count). The van der Waals surface area contributed by atoms with E-state index in [0.717, 1.165) is 28.7 Å². The van der Waals surface area contributed by atoms with Gasteiger partial charge in [-0.25, -0.2) is 0 Å². The van der Waals surface area contributed by atoms with Crippen molar-refractivity contribution in [3.8, 4) is 0 Å². The van der Waals surface area contributed by atoms with Gasteiger partial charge in [-0.05, 0) is 48.7 Å². The lowest BCUT2D eigenvalue weighted by molar-refractivity contribution is -0.121. The molecule has 4 nitrogen and oxygen atoms in total. The molecular formula is C19H19BrN2O2. The van der Waals surface area contributed by atoms with Gasteiger partial charge in [-0.15, -0.1) is 0 Å². The highest BCUT2D eigenvalue weighted by atomic mass is 79.9. The number of benzene rings is 2. The molecule has 0 aromatic heterocycles. The van der Waals surface area contributed by atoms with E-state index in [9.17, 15) is 9.59 Å². The Morgan fingerprint density at radius 3 is 2.54 bits per heavy atom. The van der Waals surface area contributed by atoms with Crippen molar-refractivity contribution in [3.05, 3.63) is 58.6 Å². The SMILES string of the molecule is CC(=O)N(CC(=O)N1CCCc2ccccc21)c1ccc(Br)cc1. The summed E-state index contributed by atoms with van der Waals surface area (Å²) in [7, 11) is 0. The Morgan fingerprint density at radius 1 is 1.12 bits per heavy atom. The predicted octanol–water partition coefficient (Wildman–Crippen LogP) is 3.78. The Kier molecular flexibility index (Phi) is 5.00. The molecule has 0 fully saturated rings. The van der Waals surface area contributed by atoms with Gasteiger partial charge in [0.1, 0.15) is 6.54 Å². The maximum atomic E-state index is 12.8. The molecule has 0 unspecified atom stereocenters. The third kappa shape index (κ3) is 3.51. The molecule has 0 bridgehead atoms. The number of nitrogens with zero attached hydrogens (tertiary/aromatic N) is 2. The van der Waals surface area contributed by atoms with E-state index in [1.54, 1.807) is 4.90 Å². The Bertz CT molecular complexity index is 758. The summed E-state index contributed by atoms with van der Waals surface area (Å²) >= 11 is 3.38. The van der Waals surface area contributed by atoms with Crippen molar-refractivity contribution >= 4 is 39.1 Å². The fraction of sp³-hybridized carbons (Fsp3) is 0.263. The fourth-order valence-corrected chi connectivity index (χ4v) is 3.28. The second-order valence-corrected chi connectivity index (χ2v) is 6.77. The molecule has 2 amide bonds. The number of carbonyl (C=O) groups is 2. The first-order valence-corrected chi connectivity index (χ1v) is 8.77. The van der Waals surface area contributed by atoms with Crippen molar-refractivity contribution in [2.24, 2.45) is 0 Å². The van der Waals surface area contributed by atoms with Crippen LogP contribution in [0.25, 0.3) is 0 Å². The molecule has 1 aliphatic heterocycles. The molecule has 124 valence electrons. The van der Waals surface area contributed by atoms with E-state index in [4.69, 9.17) is 0 Å². The molecule has 0 spiro atoms. The van der Waals surface area contributed by atoms with Gasteiger partial charge in [0.2, 0.25) is 11.8 Å². The van der Waals surface area contributed by atoms with E-state index in [1.165, 1.54) is 17.4 Å². The molecule has 0 saturated heterocycles. The first-order valence-electron chi connectivity index (χ1n) is 7.98. The van der Waals surface area contributed by atoms with Crippen LogP contribution < -0.4 is 9.80 Å². The normalized spacial score (nSPS) is 13.3. The van der Waals surface area contributed by atoms with Crippen molar-refractivity contribution in [3.63, 3.8) is 0 Å². The molecule has 2 aromatic rings. The molecule has 0 aliphatic carbocycles. The maximum absolute atomic E-state index is 12.8. The van der Waals surface area contributed by atoms with E-state index >= 15 is 0 Å². The standard InChI is InChI=1S/C19H19BrN2O2/c1-14(23)22(17-10-8-16(20)9-11-17)13-19(24)21-12-4-6-15-5-2-3-7-18(15)21/h2-3,5,7-11H,4,6,12-13H2,1H3. The lowest BCUT2D eigenvalue weighted by atomic mass is 10.0.